The average Bonchev–Trinajstić information content (AvgIpc) is 2.60. The predicted octanol–water partition coefficient (Wildman–Crippen LogP) is 4.80. The van der Waals surface area contributed by atoms with Crippen molar-refractivity contribution in [2.75, 3.05) is 7.11 Å². The molecule has 0 aliphatic carbocycles. The van der Waals surface area contributed by atoms with Gasteiger partial charge in [0.25, 0.3) is 0 Å². The maximum atomic E-state index is 15.0. The van der Waals surface area contributed by atoms with Crippen molar-refractivity contribution in [3.8, 4) is 5.75 Å². The van der Waals surface area contributed by atoms with Gasteiger partial charge in [0.1, 0.15) is 11.6 Å². The topological polar surface area (TPSA) is 38.3 Å². The molecule has 5 heteroatoms. The highest BCUT2D eigenvalue weighted by molar-refractivity contribution is 7.84. The summed E-state index contributed by atoms with van der Waals surface area (Å²) in [5.74, 6) is 0.318. The Labute approximate surface area is 151 Å². The molecule has 0 spiro atoms. The molecule has 1 N–H and O–H groups in total. The van der Waals surface area contributed by atoms with E-state index in [4.69, 9.17) is 4.74 Å². The third kappa shape index (κ3) is 5.51. The summed E-state index contributed by atoms with van der Waals surface area (Å²) >= 11 is 0. The van der Waals surface area contributed by atoms with Crippen LogP contribution in [0.3, 0.4) is 0 Å². The Hall–Kier alpha value is -1.98. The van der Waals surface area contributed by atoms with Gasteiger partial charge < -0.3 is 4.74 Å². The molecule has 0 aliphatic heterocycles. The van der Waals surface area contributed by atoms with Crippen LogP contribution in [0.5, 0.6) is 5.75 Å². The molecule has 0 saturated heterocycles. The lowest BCUT2D eigenvalue weighted by molar-refractivity contribution is 0.415. The Bertz CT molecular complexity index is 737. The van der Waals surface area contributed by atoms with Crippen molar-refractivity contribution >= 4 is 17.1 Å². The van der Waals surface area contributed by atoms with Crippen molar-refractivity contribution in [1.29, 1.82) is 0 Å². The molecule has 0 radical (unpaired) electrons. The Balaban J connectivity index is 2.33. The first-order valence-electron chi connectivity index (χ1n) is 8.05. The van der Waals surface area contributed by atoms with Gasteiger partial charge in [-0.25, -0.2) is 13.3 Å². The van der Waals surface area contributed by atoms with Crippen LogP contribution in [0.4, 0.5) is 4.39 Å². The number of benzene rings is 2. The summed E-state index contributed by atoms with van der Waals surface area (Å²) in [5.41, 5.74) is 1.44. The van der Waals surface area contributed by atoms with Crippen LogP contribution in [-0.2, 0) is 11.0 Å². The Morgan fingerprint density at radius 3 is 2.24 bits per heavy atom. The quantitative estimate of drug-likeness (QED) is 0.803. The van der Waals surface area contributed by atoms with Gasteiger partial charge in [0.2, 0.25) is 0 Å². The van der Waals surface area contributed by atoms with Crippen LogP contribution in [0.15, 0.2) is 60.4 Å². The fourth-order valence-corrected chi connectivity index (χ4v) is 2.97. The van der Waals surface area contributed by atoms with E-state index in [0.29, 0.717) is 11.3 Å². The molecule has 2 atom stereocenters. The van der Waals surface area contributed by atoms with E-state index in [1.165, 1.54) is 6.08 Å². The second-order valence-electron chi connectivity index (χ2n) is 6.65. The average molecular weight is 361 g/mol. The molecule has 134 valence electrons. The standard InChI is InChI=1S/C20H24FNO2S/c1-20(2,3)25(23)22-19(16-8-6-5-7-9-16)18(21)14-15-10-12-17(24-4)13-11-15/h5-14,19,22H,1-4H3/b18-14-/t19-,25?/m0/s1. The summed E-state index contributed by atoms with van der Waals surface area (Å²) in [4.78, 5) is 0. The molecule has 1 unspecified atom stereocenters. The molecular formula is C20H24FNO2S. The van der Waals surface area contributed by atoms with Crippen molar-refractivity contribution in [3.05, 3.63) is 71.6 Å². The molecule has 0 heterocycles. The van der Waals surface area contributed by atoms with Crippen LogP contribution in [0.25, 0.3) is 6.08 Å². The van der Waals surface area contributed by atoms with Crippen molar-refractivity contribution in [2.24, 2.45) is 0 Å². The molecule has 0 aliphatic rings. The largest absolute Gasteiger partial charge is 0.497 e. The zero-order chi connectivity index (χ0) is 18.4. The first-order chi connectivity index (χ1) is 11.8. The molecule has 25 heavy (non-hydrogen) atoms. The minimum Gasteiger partial charge on any atom is -0.497 e. The third-order valence-corrected chi connectivity index (χ3v) is 5.17. The molecule has 0 fully saturated rings. The SMILES string of the molecule is COc1ccc(/C=C(\F)[C@@H](NS(=O)C(C)(C)C)c2ccccc2)cc1. The van der Waals surface area contributed by atoms with E-state index in [1.54, 1.807) is 31.4 Å². The van der Waals surface area contributed by atoms with E-state index < -0.39 is 27.6 Å². The molecule has 0 saturated carbocycles. The molecule has 2 aromatic carbocycles. The molecule has 0 aromatic heterocycles. The van der Waals surface area contributed by atoms with Gasteiger partial charge in [0.15, 0.2) is 0 Å². The maximum absolute atomic E-state index is 15.0. The van der Waals surface area contributed by atoms with E-state index in [9.17, 15) is 4.21 Å². The summed E-state index contributed by atoms with van der Waals surface area (Å²) in [6.45, 7) is 5.55. The van der Waals surface area contributed by atoms with E-state index in [2.05, 4.69) is 4.72 Å². The first-order valence-corrected chi connectivity index (χ1v) is 9.20. The molecule has 2 rings (SSSR count). The highest BCUT2D eigenvalue weighted by atomic mass is 32.2. The van der Waals surface area contributed by atoms with Gasteiger partial charge in [-0.15, -0.1) is 0 Å². The summed E-state index contributed by atoms with van der Waals surface area (Å²) < 4.78 is 35.0. The number of nitrogens with one attached hydrogen (secondary N) is 1. The van der Waals surface area contributed by atoms with Gasteiger partial charge in [0, 0.05) is 0 Å². The zero-order valence-corrected chi connectivity index (χ0v) is 15.8. The van der Waals surface area contributed by atoms with Crippen LogP contribution in [0, 0.1) is 0 Å². The Morgan fingerprint density at radius 2 is 1.72 bits per heavy atom. The van der Waals surface area contributed by atoms with Crippen molar-refractivity contribution in [3.63, 3.8) is 0 Å². The second-order valence-corrected chi connectivity index (χ2v) is 8.64. The number of rotatable bonds is 6. The minimum atomic E-state index is -1.40. The third-order valence-electron chi connectivity index (χ3n) is 3.61. The van der Waals surface area contributed by atoms with Gasteiger partial charge in [-0.05, 0) is 50.1 Å². The van der Waals surface area contributed by atoms with Gasteiger partial charge in [0.05, 0.1) is 28.9 Å². The number of halogens is 1. The number of methoxy groups -OCH3 is 1. The minimum absolute atomic E-state index is 0.394. The Kier molecular flexibility index (Phi) is 6.51. The highest BCUT2D eigenvalue weighted by Gasteiger charge is 2.26. The van der Waals surface area contributed by atoms with Crippen molar-refractivity contribution in [1.82, 2.24) is 4.72 Å². The summed E-state index contributed by atoms with van der Waals surface area (Å²) in [5, 5.41) is 0. The summed E-state index contributed by atoms with van der Waals surface area (Å²) in [6, 6.07) is 15.5. The van der Waals surface area contributed by atoms with Gasteiger partial charge in [-0.2, -0.15) is 0 Å². The lowest BCUT2D eigenvalue weighted by Crippen LogP contribution is -2.36. The van der Waals surface area contributed by atoms with Crippen LogP contribution in [0.1, 0.15) is 37.9 Å². The van der Waals surface area contributed by atoms with E-state index in [0.717, 1.165) is 5.56 Å². The molecule has 2 aromatic rings. The zero-order valence-electron chi connectivity index (χ0n) is 15.0. The smallest absolute Gasteiger partial charge is 0.123 e. The van der Waals surface area contributed by atoms with Crippen LogP contribution in [-0.4, -0.2) is 16.1 Å². The molecular weight excluding hydrogens is 337 g/mol. The van der Waals surface area contributed by atoms with Gasteiger partial charge in [-0.3, -0.25) is 0 Å². The van der Waals surface area contributed by atoms with E-state index in [1.807, 2.05) is 51.1 Å². The van der Waals surface area contributed by atoms with Crippen LogP contribution in [0.2, 0.25) is 0 Å². The fraction of sp³-hybridized carbons (Fsp3) is 0.300. The maximum Gasteiger partial charge on any atom is 0.123 e. The molecule has 3 nitrogen and oxygen atoms in total. The lowest BCUT2D eigenvalue weighted by Gasteiger charge is -2.24. The molecule has 0 amide bonds. The van der Waals surface area contributed by atoms with Crippen molar-refractivity contribution < 1.29 is 13.3 Å². The molecule has 0 bridgehead atoms. The number of hydrogen-bond acceptors (Lipinski definition) is 2. The fourth-order valence-electron chi connectivity index (χ4n) is 2.16. The highest BCUT2D eigenvalue weighted by Crippen LogP contribution is 2.27. The predicted molar refractivity (Wildman–Crippen MR) is 102 cm³/mol. The van der Waals surface area contributed by atoms with Crippen LogP contribution < -0.4 is 9.46 Å². The monoisotopic (exact) mass is 361 g/mol. The number of hydrogen-bond donors (Lipinski definition) is 1. The van der Waals surface area contributed by atoms with Gasteiger partial charge in [-0.1, -0.05) is 42.5 Å². The number of ether oxygens (including phenoxy) is 1. The summed E-state index contributed by atoms with van der Waals surface area (Å²) in [7, 11) is 0.184. The second kappa shape index (κ2) is 8.41. The first kappa shape index (κ1) is 19.3. The van der Waals surface area contributed by atoms with E-state index in [-0.39, 0.29) is 0 Å². The lowest BCUT2D eigenvalue weighted by atomic mass is 10.0. The Morgan fingerprint density at radius 1 is 1.12 bits per heavy atom. The normalized spacial score (nSPS) is 14.8. The van der Waals surface area contributed by atoms with Crippen LogP contribution >= 0.6 is 0 Å². The van der Waals surface area contributed by atoms with E-state index >= 15 is 4.39 Å². The summed E-state index contributed by atoms with van der Waals surface area (Å²) in [6.07, 6.45) is 1.45. The van der Waals surface area contributed by atoms with Gasteiger partial charge >= 0.3 is 0 Å². The van der Waals surface area contributed by atoms with Crippen molar-refractivity contribution in [2.45, 2.75) is 31.6 Å².